The predicted molar refractivity (Wildman–Crippen MR) is 91.1 cm³/mol. The molecule has 1 aliphatic rings. The van der Waals surface area contributed by atoms with E-state index in [0.29, 0.717) is 5.56 Å². The summed E-state index contributed by atoms with van der Waals surface area (Å²) in [7, 11) is 0. The fourth-order valence-corrected chi connectivity index (χ4v) is 2.84. The average Bonchev–Trinajstić information content (AvgIpc) is 3.48. The van der Waals surface area contributed by atoms with Crippen molar-refractivity contribution in [3.63, 3.8) is 0 Å². The molecule has 0 saturated heterocycles. The summed E-state index contributed by atoms with van der Waals surface area (Å²) >= 11 is 0. The Morgan fingerprint density at radius 3 is 2.42 bits per heavy atom. The van der Waals surface area contributed by atoms with Crippen LogP contribution < -0.4 is 10.6 Å². The first-order valence-corrected chi connectivity index (χ1v) is 8.22. The van der Waals surface area contributed by atoms with Gasteiger partial charge in [0.25, 0.3) is 0 Å². The second kappa shape index (κ2) is 7.21. The topological polar surface area (TPSA) is 78.4 Å². The number of halogens is 2. The van der Waals surface area contributed by atoms with Crippen LogP contribution in [0.1, 0.15) is 18.4 Å². The smallest absolute Gasteiger partial charge is 0.313 e. The van der Waals surface area contributed by atoms with Crippen LogP contribution in [-0.2, 0) is 15.2 Å². The Hall–Kier alpha value is -2.80. The molecule has 1 saturated carbocycles. The van der Waals surface area contributed by atoms with E-state index >= 15 is 0 Å². The SMILES string of the molecule is O=C(NCC(O)(c1ccccc1)C1CC1)C(=O)Nc1cc(F)ccc1F. The second-order valence-electron chi connectivity index (χ2n) is 6.33. The van der Waals surface area contributed by atoms with E-state index in [9.17, 15) is 23.5 Å². The van der Waals surface area contributed by atoms with Gasteiger partial charge < -0.3 is 15.7 Å². The number of rotatable bonds is 5. The van der Waals surface area contributed by atoms with Gasteiger partial charge in [-0.1, -0.05) is 30.3 Å². The number of anilines is 1. The maximum absolute atomic E-state index is 13.6. The fourth-order valence-electron chi connectivity index (χ4n) is 2.84. The number of benzene rings is 2. The summed E-state index contributed by atoms with van der Waals surface area (Å²) in [4.78, 5) is 23.9. The quantitative estimate of drug-likeness (QED) is 0.716. The number of hydrogen-bond acceptors (Lipinski definition) is 3. The van der Waals surface area contributed by atoms with Gasteiger partial charge in [0.15, 0.2) is 0 Å². The van der Waals surface area contributed by atoms with Crippen molar-refractivity contribution in [1.82, 2.24) is 5.32 Å². The van der Waals surface area contributed by atoms with Gasteiger partial charge in [-0.15, -0.1) is 0 Å². The van der Waals surface area contributed by atoms with Gasteiger partial charge in [0.05, 0.1) is 12.2 Å². The van der Waals surface area contributed by atoms with Gasteiger partial charge in [0.1, 0.15) is 17.2 Å². The van der Waals surface area contributed by atoms with Gasteiger partial charge >= 0.3 is 11.8 Å². The summed E-state index contributed by atoms with van der Waals surface area (Å²) in [6, 6.07) is 11.4. The minimum Gasteiger partial charge on any atom is -0.383 e. The Morgan fingerprint density at radius 1 is 1.08 bits per heavy atom. The lowest BCUT2D eigenvalue weighted by molar-refractivity contribution is -0.137. The Kier molecular flexibility index (Phi) is 4.99. The molecular formula is C19H18F2N2O3. The maximum atomic E-state index is 13.6. The molecule has 1 unspecified atom stereocenters. The van der Waals surface area contributed by atoms with Crippen LogP contribution in [0.5, 0.6) is 0 Å². The van der Waals surface area contributed by atoms with Crippen LogP contribution in [0.3, 0.4) is 0 Å². The molecule has 3 rings (SSSR count). The highest BCUT2D eigenvalue weighted by Gasteiger charge is 2.45. The minimum absolute atomic E-state index is 0.00563. The molecule has 0 bridgehead atoms. The largest absolute Gasteiger partial charge is 0.383 e. The second-order valence-corrected chi connectivity index (χ2v) is 6.33. The molecule has 136 valence electrons. The fraction of sp³-hybridized carbons (Fsp3) is 0.263. The van der Waals surface area contributed by atoms with Crippen molar-refractivity contribution in [1.29, 1.82) is 0 Å². The molecule has 1 atom stereocenters. The van der Waals surface area contributed by atoms with Crippen LogP contribution in [0.4, 0.5) is 14.5 Å². The Labute approximate surface area is 149 Å². The minimum atomic E-state index is -1.28. The maximum Gasteiger partial charge on any atom is 0.313 e. The summed E-state index contributed by atoms with van der Waals surface area (Å²) in [5.41, 5.74) is -1.05. The van der Waals surface area contributed by atoms with Crippen molar-refractivity contribution in [2.75, 3.05) is 11.9 Å². The molecule has 0 spiro atoms. The van der Waals surface area contributed by atoms with Crippen molar-refractivity contribution in [3.8, 4) is 0 Å². The number of aliphatic hydroxyl groups is 1. The van der Waals surface area contributed by atoms with Crippen LogP contribution in [0, 0.1) is 17.6 Å². The molecule has 2 aromatic carbocycles. The molecule has 0 radical (unpaired) electrons. The molecule has 0 aromatic heterocycles. The molecule has 1 fully saturated rings. The summed E-state index contributed by atoms with van der Waals surface area (Å²) in [5.74, 6) is -3.78. The summed E-state index contributed by atoms with van der Waals surface area (Å²) in [6.07, 6.45) is 1.64. The summed E-state index contributed by atoms with van der Waals surface area (Å²) in [5, 5.41) is 15.4. The Bertz CT molecular complexity index is 825. The van der Waals surface area contributed by atoms with Crippen LogP contribution in [0.15, 0.2) is 48.5 Å². The van der Waals surface area contributed by atoms with E-state index in [1.54, 1.807) is 24.3 Å². The van der Waals surface area contributed by atoms with Crippen molar-refractivity contribution in [2.45, 2.75) is 18.4 Å². The van der Waals surface area contributed by atoms with E-state index in [-0.39, 0.29) is 12.5 Å². The predicted octanol–water partition coefficient (Wildman–Crippen LogP) is 2.32. The first-order chi connectivity index (χ1) is 12.4. The third-order valence-electron chi connectivity index (χ3n) is 4.43. The lowest BCUT2D eigenvalue weighted by Crippen LogP contribution is -2.45. The lowest BCUT2D eigenvalue weighted by Gasteiger charge is -2.29. The van der Waals surface area contributed by atoms with Crippen LogP contribution >= 0.6 is 0 Å². The molecular weight excluding hydrogens is 342 g/mol. The third kappa shape index (κ3) is 3.88. The van der Waals surface area contributed by atoms with Gasteiger partial charge in [0.2, 0.25) is 0 Å². The Balaban J connectivity index is 1.65. The molecule has 3 N–H and O–H groups in total. The van der Waals surface area contributed by atoms with E-state index in [2.05, 4.69) is 5.32 Å². The van der Waals surface area contributed by atoms with Crippen molar-refractivity contribution in [2.24, 2.45) is 5.92 Å². The van der Waals surface area contributed by atoms with Crippen LogP contribution in [0.25, 0.3) is 0 Å². The van der Waals surface area contributed by atoms with Gasteiger partial charge in [-0.05, 0) is 36.5 Å². The highest BCUT2D eigenvalue weighted by Crippen LogP contribution is 2.45. The molecule has 7 heteroatoms. The van der Waals surface area contributed by atoms with Crippen molar-refractivity contribution >= 4 is 17.5 Å². The molecule has 2 amide bonds. The summed E-state index contributed by atoms with van der Waals surface area (Å²) < 4.78 is 26.7. The zero-order chi connectivity index (χ0) is 18.7. The molecule has 5 nitrogen and oxygen atoms in total. The number of carbonyl (C=O) groups is 2. The van der Waals surface area contributed by atoms with Gasteiger partial charge in [-0.25, -0.2) is 8.78 Å². The molecule has 0 heterocycles. The van der Waals surface area contributed by atoms with E-state index in [4.69, 9.17) is 0 Å². The van der Waals surface area contributed by atoms with Crippen LogP contribution in [-0.4, -0.2) is 23.5 Å². The van der Waals surface area contributed by atoms with Gasteiger partial charge in [-0.2, -0.15) is 0 Å². The molecule has 0 aliphatic heterocycles. The average molecular weight is 360 g/mol. The zero-order valence-corrected chi connectivity index (χ0v) is 13.8. The summed E-state index contributed by atoms with van der Waals surface area (Å²) in [6.45, 7) is -0.153. The van der Waals surface area contributed by atoms with Crippen molar-refractivity contribution < 1.29 is 23.5 Å². The van der Waals surface area contributed by atoms with Crippen LogP contribution in [0.2, 0.25) is 0 Å². The third-order valence-corrected chi connectivity index (χ3v) is 4.43. The first-order valence-electron chi connectivity index (χ1n) is 8.22. The number of amides is 2. The van der Waals surface area contributed by atoms with E-state index in [1.165, 1.54) is 0 Å². The Morgan fingerprint density at radius 2 is 1.77 bits per heavy atom. The van der Waals surface area contributed by atoms with E-state index in [1.807, 2.05) is 11.4 Å². The highest BCUT2D eigenvalue weighted by molar-refractivity contribution is 6.39. The monoisotopic (exact) mass is 360 g/mol. The zero-order valence-electron chi connectivity index (χ0n) is 13.8. The first kappa shape index (κ1) is 18.0. The normalized spacial score (nSPS) is 15.8. The number of nitrogens with one attached hydrogen (secondary N) is 2. The molecule has 26 heavy (non-hydrogen) atoms. The highest BCUT2D eigenvalue weighted by atomic mass is 19.1. The van der Waals surface area contributed by atoms with Gasteiger partial charge in [0, 0.05) is 6.07 Å². The van der Waals surface area contributed by atoms with Gasteiger partial charge in [-0.3, -0.25) is 9.59 Å². The van der Waals surface area contributed by atoms with E-state index < -0.39 is 34.7 Å². The number of hydrogen-bond donors (Lipinski definition) is 3. The molecule has 2 aromatic rings. The standard InChI is InChI=1S/C19H18F2N2O3/c20-14-8-9-15(21)16(10-14)23-18(25)17(24)22-11-19(26,13-6-7-13)12-4-2-1-3-5-12/h1-5,8-10,13,26H,6-7,11H2,(H,22,24)(H,23,25). The van der Waals surface area contributed by atoms with Crippen molar-refractivity contribution in [3.05, 3.63) is 65.7 Å². The molecule has 1 aliphatic carbocycles. The number of carbonyl (C=O) groups excluding carboxylic acids is 2. The lowest BCUT2D eigenvalue weighted by atomic mass is 9.88. The van der Waals surface area contributed by atoms with E-state index in [0.717, 1.165) is 31.0 Å².